The molecule has 0 unspecified atom stereocenters. The van der Waals surface area contributed by atoms with Crippen LogP contribution in [0.15, 0.2) is 60.8 Å². The van der Waals surface area contributed by atoms with Crippen molar-refractivity contribution >= 4 is 47.4 Å². The number of imide groups is 1. The highest BCUT2D eigenvalue weighted by molar-refractivity contribution is 8.00. The van der Waals surface area contributed by atoms with E-state index in [0.717, 1.165) is 36.1 Å². The predicted molar refractivity (Wildman–Crippen MR) is 224 cm³/mol. The lowest BCUT2D eigenvalue weighted by Gasteiger charge is -2.37. The number of hydrogen-bond donors (Lipinski definition) is 5. The molecule has 7 rings (SSSR count). The number of carbonyl (C=O) groups is 5. The molecule has 2 aromatic carbocycles. The van der Waals surface area contributed by atoms with Crippen LogP contribution >= 0.6 is 11.8 Å². The van der Waals surface area contributed by atoms with E-state index in [0.29, 0.717) is 68.7 Å². The van der Waals surface area contributed by atoms with Crippen LogP contribution in [-0.4, -0.2) is 115 Å². The molecule has 5 N–H and O–H groups in total. The van der Waals surface area contributed by atoms with Crippen molar-refractivity contribution in [1.29, 1.82) is 0 Å². The highest BCUT2D eigenvalue weighted by atomic mass is 32.2. The number of rotatable bonds is 16. The van der Waals surface area contributed by atoms with Crippen molar-refractivity contribution in [3.8, 4) is 11.3 Å². The first-order valence-electron chi connectivity index (χ1n) is 20.5. The Hall–Kier alpha value is -5.16. The molecule has 1 aromatic heterocycles. The number of ether oxygens (including phenoxy) is 1. The van der Waals surface area contributed by atoms with Crippen molar-refractivity contribution in [2.75, 3.05) is 37.3 Å². The molecule has 0 saturated carbocycles. The lowest BCUT2D eigenvalue weighted by atomic mass is 9.87. The van der Waals surface area contributed by atoms with Gasteiger partial charge in [-0.2, -0.15) is 11.8 Å². The van der Waals surface area contributed by atoms with E-state index >= 15 is 0 Å². The molecule has 0 radical (unpaired) electrons. The van der Waals surface area contributed by atoms with Crippen molar-refractivity contribution in [3.63, 3.8) is 0 Å². The van der Waals surface area contributed by atoms with Gasteiger partial charge in [0.15, 0.2) is 0 Å². The molecule has 3 aromatic rings. The topological polar surface area (TPSA) is 192 Å². The first-order valence-corrected chi connectivity index (χ1v) is 21.6. The number of fused-ring (bicyclic) bond motifs is 1. The monoisotopic (exact) mass is 828 g/mol. The van der Waals surface area contributed by atoms with E-state index in [9.17, 15) is 24.0 Å². The minimum atomic E-state index is -1.00. The fraction of sp³-hybridized carbons (Fsp3) is 0.548. The van der Waals surface area contributed by atoms with Crippen LogP contribution in [-0.2, 0) is 27.4 Å². The van der Waals surface area contributed by atoms with Crippen LogP contribution < -0.4 is 26.6 Å². The Morgan fingerprint density at radius 2 is 1.78 bits per heavy atom. The number of carbonyl (C=O) groups excluding carboxylic acids is 5. The number of anilines is 1. The van der Waals surface area contributed by atoms with Gasteiger partial charge in [-0.1, -0.05) is 67.9 Å². The Labute approximate surface area is 349 Å². The summed E-state index contributed by atoms with van der Waals surface area (Å²) in [5.41, 5.74) is 1.05. The van der Waals surface area contributed by atoms with Crippen LogP contribution in [0.4, 0.5) is 20.1 Å². The number of nitrogens with one attached hydrogen (secondary N) is 5. The summed E-state index contributed by atoms with van der Waals surface area (Å²) in [5, 5.41) is 24.1. The summed E-state index contributed by atoms with van der Waals surface area (Å²) in [7, 11) is 0. The molecular formula is C42H56N10O6S. The van der Waals surface area contributed by atoms with E-state index < -0.39 is 17.2 Å². The number of likely N-dealkylation sites (tertiary alicyclic amines) is 1. The van der Waals surface area contributed by atoms with E-state index in [2.05, 4.69) is 50.7 Å². The smallest absolute Gasteiger partial charge is 0.325 e. The molecule has 1 spiro atoms. The average Bonchev–Trinajstić information content (AvgIpc) is 3.97. The Bertz CT molecular complexity index is 2020. The molecule has 4 aliphatic heterocycles. The van der Waals surface area contributed by atoms with Crippen molar-refractivity contribution in [3.05, 3.63) is 66.4 Å². The summed E-state index contributed by atoms with van der Waals surface area (Å²) in [6, 6.07) is 16.5. The van der Waals surface area contributed by atoms with Gasteiger partial charge in [-0.25, -0.2) is 14.4 Å². The second kappa shape index (κ2) is 17.6. The third-order valence-corrected chi connectivity index (χ3v) is 13.0. The number of nitrogens with zero attached hydrogens (tertiary/aromatic N) is 5. The van der Waals surface area contributed by atoms with Crippen molar-refractivity contribution in [2.45, 2.75) is 108 Å². The summed E-state index contributed by atoms with van der Waals surface area (Å²) >= 11 is 1.89. The van der Waals surface area contributed by atoms with Gasteiger partial charge in [-0.15, -0.1) is 5.10 Å². The fourth-order valence-corrected chi connectivity index (χ4v) is 9.63. The van der Waals surface area contributed by atoms with Gasteiger partial charge in [0.05, 0.1) is 37.0 Å². The largest absolute Gasteiger partial charge is 0.373 e. The molecule has 16 nitrogen and oxygen atoms in total. The molecule has 4 fully saturated rings. The summed E-state index contributed by atoms with van der Waals surface area (Å²) < 4.78 is 8.10. The molecule has 5 heterocycles. The molecule has 17 heteroatoms. The molecule has 316 valence electrons. The maximum atomic E-state index is 13.4. The summed E-state index contributed by atoms with van der Waals surface area (Å²) in [6.45, 7) is 10.4. The maximum Gasteiger partial charge on any atom is 0.325 e. The summed E-state index contributed by atoms with van der Waals surface area (Å²) in [4.78, 5) is 66.7. The first-order chi connectivity index (χ1) is 28.2. The standard InChI is InChI=1S/C42H56N10O6S/c1-40(2,27-58-41(3,4)25-43-34(53)16-9-8-15-33-35-32(24-59-33)45-37(55)46-35)26-51-23-31(48-49-51)29-13-10-14-30(21-29)44-38(56)50-19-17-42(18-20-50)36(54)52(39(57)47-42)22-28-11-6-5-7-12-28/h5-7,10-14,21,23,32-33,35H,8-9,15-20,22,24-27H2,1-4H3,(H,43,53)(H,44,56)(H,47,57)(H2,45,46,55)/t32-,33-,35-/m0/s1. The Morgan fingerprint density at radius 3 is 2.56 bits per heavy atom. The first kappa shape index (κ1) is 42.0. The van der Waals surface area contributed by atoms with Crippen molar-refractivity contribution < 1.29 is 28.7 Å². The van der Waals surface area contributed by atoms with Gasteiger partial charge in [0.2, 0.25) is 5.91 Å². The number of unbranched alkanes of at least 4 members (excludes halogenated alkanes) is 1. The van der Waals surface area contributed by atoms with E-state index in [1.807, 2.05) is 86.4 Å². The van der Waals surface area contributed by atoms with Crippen LogP contribution in [0.1, 0.15) is 71.8 Å². The van der Waals surface area contributed by atoms with Gasteiger partial charge >= 0.3 is 18.1 Å². The minimum Gasteiger partial charge on any atom is -0.373 e. The van der Waals surface area contributed by atoms with Crippen LogP contribution in [0.2, 0.25) is 0 Å². The Balaban J connectivity index is 0.823. The molecule has 3 atom stereocenters. The van der Waals surface area contributed by atoms with Gasteiger partial charge in [-0.05, 0) is 57.2 Å². The second-order valence-corrected chi connectivity index (χ2v) is 18.8. The highest BCUT2D eigenvalue weighted by Gasteiger charge is 2.52. The zero-order chi connectivity index (χ0) is 41.8. The number of piperidine rings is 1. The Kier molecular flexibility index (Phi) is 12.5. The van der Waals surface area contributed by atoms with Gasteiger partial charge in [-0.3, -0.25) is 19.2 Å². The van der Waals surface area contributed by atoms with E-state index in [-0.39, 0.29) is 47.9 Å². The Morgan fingerprint density at radius 1 is 1.00 bits per heavy atom. The van der Waals surface area contributed by atoms with Crippen LogP contribution in [0.3, 0.4) is 0 Å². The quantitative estimate of drug-likeness (QED) is 0.0772. The zero-order valence-corrected chi connectivity index (χ0v) is 35.1. The SMILES string of the molecule is CC(C)(COC(C)(C)CNC(=O)CCCC[C@@H]1SC[C@@H]2NC(=O)N[C@@H]21)Cn1cc(-c2cccc(NC(=O)N3CCC4(CC3)NC(=O)N(Cc3ccccc3)C4=O)c2)nn1. The molecule has 8 amide bonds. The second-order valence-electron chi connectivity index (χ2n) is 17.5. The number of aromatic nitrogens is 3. The summed E-state index contributed by atoms with van der Waals surface area (Å²) in [6.07, 6.45) is 5.72. The maximum absolute atomic E-state index is 13.4. The number of benzene rings is 2. The predicted octanol–water partition coefficient (Wildman–Crippen LogP) is 4.73. The average molecular weight is 829 g/mol. The summed E-state index contributed by atoms with van der Waals surface area (Å²) in [5.74, 6) is 0.702. The van der Waals surface area contributed by atoms with E-state index in [1.54, 1.807) is 9.58 Å². The molecule has 4 saturated heterocycles. The molecule has 0 bridgehead atoms. The molecule has 4 aliphatic rings. The number of hydrogen-bond acceptors (Lipinski definition) is 9. The van der Waals surface area contributed by atoms with Gasteiger partial charge in [0.25, 0.3) is 5.91 Å². The molecule has 59 heavy (non-hydrogen) atoms. The van der Waals surface area contributed by atoms with Crippen LogP contribution in [0.5, 0.6) is 0 Å². The number of amides is 8. The van der Waals surface area contributed by atoms with Crippen LogP contribution in [0, 0.1) is 5.41 Å². The minimum absolute atomic E-state index is 0.0109. The number of urea groups is 3. The lowest BCUT2D eigenvalue weighted by Crippen LogP contribution is -2.56. The zero-order valence-electron chi connectivity index (χ0n) is 34.3. The van der Waals surface area contributed by atoms with Crippen molar-refractivity contribution in [2.24, 2.45) is 5.41 Å². The van der Waals surface area contributed by atoms with E-state index in [1.165, 1.54) is 4.90 Å². The van der Waals surface area contributed by atoms with E-state index in [4.69, 9.17) is 4.74 Å². The third kappa shape index (κ3) is 10.4. The normalized spacial score (nSPS) is 21.3. The van der Waals surface area contributed by atoms with Crippen molar-refractivity contribution in [1.82, 2.24) is 46.1 Å². The lowest BCUT2D eigenvalue weighted by molar-refractivity contribution is -0.133. The third-order valence-electron chi connectivity index (χ3n) is 11.5. The van der Waals surface area contributed by atoms with Crippen LogP contribution in [0.25, 0.3) is 11.3 Å². The number of thioether (sulfide) groups is 1. The molecular weight excluding hydrogens is 773 g/mol. The fourth-order valence-electron chi connectivity index (χ4n) is 8.08. The highest BCUT2D eigenvalue weighted by Crippen LogP contribution is 2.34. The van der Waals surface area contributed by atoms with Gasteiger partial charge < -0.3 is 36.2 Å². The molecule has 0 aliphatic carbocycles. The van der Waals surface area contributed by atoms with Gasteiger partial charge in [0, 0.05) is 60.3 Å². The van der Waals surface area contributed by atoms with Gasteiger partial charge in [0.1, 0.15) is 11.2 Å².